The lowest BCUT2D eigenvalue weighted by Crippen LogP contribution is -2.29. The lowest BCUT2D eigenvalue weighted by molar-refractivity contribution is -0.161. The van der Waals surface area contributed by atoms with E-state index in [-0.39, 0.29) is 32.6 Å². The molecule has 0 aromatic carbocycles. The molecule has 274 valence electrons. The number of nitrogens with two attached hydrogens (primary N) is 1. The first-order chi connectivity index (χ1) is 22.8. The van der Waals surface area contributed by atoms with Crippen molar-refractivity contribution in [3.8, 4) is 0 Å². The summed E-state index contributed by atoms with van der Waals surface area (Å²) in [7, 11) is -4.38. The summed E-state index contributed by atoms with van der Waals surface area (Å²) in [6, 6.07) is 0. The quantitative estimate of drug-likeness (QED) is 0.0294. The number of ether oxygens (including phenoxy) is 2. The molecule has 0 spiro atoms. The Labute approximate surface area is 286 Å². The number of phosphoric ester groups is 1. The van der Waals surface area contributed by atoms with Gasteiger partial charge in [0, 0.05) is 19.4 Å². The highest BCUT2D eigenvalue weighted by atomic mass is 31.2. The van der Waals surface area contributed by atoms with Crippen LogP contribution in [0.3, 0.4) is 0 Å². The molecular weight excluding hydrogens is 617 g/mol. The van der Waals surface area contributed by atoms with Crippen molar-refractivity contribution in [2.24, 2.45) is 5.73 Å². The summed E-state index contributed by atoms with van der Waals surface area (Å²) < 4.78 is 32.5. The monoisotopic (exact) mass is 685 g/mol. The molecule has 3 N–H and O–H groups in total. The predicted octanol–water partition coefficient (Wildman–Crippen LogP) is 9.82. The fourth-order valence-corrected chi connectivity index (χ4v) is 5.47. The number of carbonyl (C=O) groups is 2. The summed E-state index contributed by atoms with van der Waals surface area (Å²) in [5.41, 5.74) is 5.32. The van der Waals surface area contributed by atoms with E-state index in [4.69, 9.17) is 24.3 Å². The summed E-state index contributed by atoms with van der Waals surface area (Å²) in [6.45, 7) is 3.61. The first-order valence-corrected chi connectivity index (χ1v) is 20.0. The third kappa shape index (κ3) is 33.9. The summed E-state index contributed by atoms with van der Waals surface area (Å²) >= 11 is 0. The molecule has 0 aliphatic heterocycles. The first-order valence-electron chi connectivity index (χ1n) is 18.5. The number of allylic oxidation sites excluding steroid dienone is 6. The largest absolute Gasteiger partial charge is 0.472 e. The molecular formula is C37H68NO8P. The summed E-state index contributed by atoms with van der Waals surface area (Å²) in [5.74, 6) is -0.882. The second-order valence-electron chi connectivity index (χ2n) is 12.1. The fourth-order valence-electron chi connectivity index (χ4n) is 4.70. The second-order valence-corrected chi connectivity index (χ2v) is 13.5. The molecule has 0 saturated carbocycles. The zero-order valence-electron chi connectivity index (χ0n) is 29.8. The Kier molecular flexibility index (Phi) is 32.8. The molecule has 0 aromatic rings. The Hall–Kier alpha value is -1.77. The van der Waals surface area contributed by atoms with Gasteiger partial charge in [-0.05, 0) is 64.2 Å². The fraction of sp³-hybridized carbons (Fsp3) is 0.784. The van der Waals surface area contributed by atoms with Crippen LogP contribution in [0.5, 0.6) is 0 Å². The van der Waals surface area contributed by atoms with E-state index in [1.807, 2.05) is 0 Å². The first kappa shape index (κ1) is 45.2. The molecule has 47 heavy (non-hydrogen) atoms. The number of rotatable bonds is 34. The van der Waals surface area contributed by atoms with Gasteiger partial charge in [0.05, 0.1) is 13.2 Å². The van der Waals surface area contributed by atoms with Crippen molar-refractivity contribution in [2.75, 3.05) is 26.4 Å². The van der Waals surface area contributed by atoms with Gasteiger partial charge in [0.25, 0.3) is 0 Å². The van der Waals surface area contributed by atoms with Gasteiger partial charge in [-0.25, -0.2) is 4.57 Å². The topological polar surface area (TPSA) is 134 Å². The van der Waals surface area contributed by atoms with Crippen LogP contribution in [-0.2, 0) is 32.7 Å². The van der Waals surface area contributed by atoms with Crippen LogP contribution in [0.25, 0.3) is 0 Å². The van der Waals surface area contributed by atoms with E-state index in [9.17, 15) is 19.0 Å². The van der Waals surface area contributed by atoms with Crippen molar-refractivity contribution in [1.29, 1.82) is 0 Å². The minimum Gasteiger partial charge on any atom is -0.462 e. The van der Waals surface area contributed by atoms with E-state index in [1.54, 1.807) is 0 Å². The Bertz CT molecular complexity index is 876. The van der Waals surface area contributed by atoms with Gasteiger partial charge in [-0.1, -0.05) is 115 Å². The Morgan fingerprint density at radius 1 is 0.638 bits per heavy atom. The van der Waals surface area contributed by atoms with Gasteiger partial charge >= 0.3 is 19.8 Å². The van der Waals surface area contributed by atoms with Gasteiger partial charge in [0.2, 0.25) is 0 Å². The van der Waals surface area contributed by atoms with Gasteiger partial charge in [0.15, 0.2) is 6.10 Å². The van der Waals surface area contributed by atoms with E-state index in [1.165, 1.54) is 51.4 Å². The van der Waals surface area contributed by atoms with E-state index in [2.05, 4.69) is 50.3 Å². The van der Waals surface area contributed by atoms with Crippen LogP contribution in [0.1, 0.15) is 155 Å². The van der Waals surface area contributed by atoms with Gasteiger partial charge in [-0.2, -0.15) is 0 Å². The highest BCUT2D eigenvalue weighted by Gasteiger charge is 2.25. The molecule has 0 fully saturated rings. The number of hydrogen-bond donors (Lipinski definition) is 2. The summed E-state index contributed by atoms with van der Waals surface area (Å²) in [4.78, 5) is 34.6. The lowest BCUT2D eigenvalue weighted by Gasteiger charge is -2.19. The minimum absolute atomic E-state index is 0.0474. The van der Waals surface area contributed by atoms with Crippen LogP contribution < -0.4 is 5.73 Å². The molecule has 0 aliphatic carbocycles. The van der Waals surface area contributed by atoms with Crippen LogP contribution in [0.4, 0.5) is 0 Å². The van der Waals surface area contributed by atoms with Gasteiger partial charge < -0.3 is 20.1 Å². The number of carbonyl (C=O) groups excluding carboxylic acids is 2. The number of unbranched alkanes of at least 4 members (excludes halogenated alkanes) is 15. The van der Waals surface area contributed by atoms with Crippen molar-refractivity contribution in [1.82, 2.24) is 0 Å². The normalized spacial score (nSPS) is 13.9. The summed E-state index contributed by atoms with van der Waals surface area (Å²) in [6.07, 6.45) is 34.7. The van der Waals surface area contributed by atoms with Gasteiger partial charge in [-0.15, -0.1) is 0 Å². The van der Waals surface area contributed by atoms with Crippen molar-refractivity contribution < 1.29 is 37.6 Å². The molecule has 0 amide bonds. The summed E-state index contributed by atoms with van der Waals surface area (Å²) in [5, 5.41) is 0. The van der Waals surface area contributed by atoms with Crippen molar-refractivity contribution >= 4 is 19.8 Å². The molecule has 10 heteroatoms. The van der Waals surface area contributed by atoms with Gasteiger partial charge in [0.1, 0.15) is 6.61 Å². The predicted molar refractivity (Wildman–Crippen MR) is 192 cm³/mol. The maximum atomic E-state index is 12.5. The molecule has 0 aromatic heterocycles. The third-order valence-electron chi connectivity index (χ3n) is 7.50. The SMILES string of the molecule is CCCC/C=C/CCCCCCCC(=O)O[C@H](COC(=O)CCCC/C=C/C/C=C/CCCCCCCC)COP(=O)(O)OCCN. The maximum absolute atomic E-state index is 12.5. The van der Waals surface area contributed by atoms with Crippen molar-refractivity contribution in [2.45, 2.75) is 161 Å². The lowest BCUT2D eigenvalue weighted by atomic mass is 10.1. The van der Waals surface area contributed by atoms with Crippen LogP contribution >= 0.6 is 7.82 Å². The van der Waals surface area contributed by atoms with Crippen LogP contribution in [0.15, 0.2) is 36.5 Å². The van der Waals surface area contributed by atoms with Crippen molar-refractivity contribution in [3.63, 3.8) is 0 Å². The Morgan fingerprint density at radius 2 is 1.13 bits per heavy atom. The van der Waals surface area contributed by atoms with E-state index in [0.717, 1.165) is 64.2 Å². The maximum Gasteiger partial charge on any atom is 0.472 e. The Balaban J connectivity index is 4.30. The molecule has 0 saturated heterocycles. The molecule has 1 unspecified atom stereocenters. The van der Waals surface area contributed by atoms with E-state index >= 15 is 0 Å². The highest BCUT2D eigenvalue weighted by molar-refractivity contribution is 7.47. The van der Waals surface area contributed by atoms with Crippen LogP contribution in [0, 0.1) is 0 Å². The van der Waals surface area contributed by atoms with Crippen LogP contribution in [-0.4, -0.2) is 49.3 Å². The molecule has 0 radical (unpaired) electrons. The average molecular weight is 686 g/mol. The highest BCUT2D eigenvalue weighted by Crippen LogP contribution is 2.43. The zero-order chi connectivity index (χ0) is 34.7. The number of esters is 2. The van der Waals surface area contributed by atoms with Crippen LogP contribution in [0.2, 0.25) is 0 Å². The van der Waals surface area contributed by atoms with Crippen molar-refractivity contribution in [3.05, 3.63) is 36.5 Å². The second kappa shape index (κ2) is 34.1. The minimum atomic E-state index is -4.38. The molecule has 0 rings (SSSR count). The third-order valence-corrected chi connectivity index (χ3v) is 8.48. The standard InChI is InChI=1S/C37H68NO8P/c1-3-5-7-9-11-13-15-16-17-18-20-21-23-25-27-29-36(39)43-33-35(34-45-47(41,42)44-32-31-38)46-37(40)30-28-26-24-22-19-14-12-10-8-6-4-2/h10,12,16-17,20-21,35H,3-9,11,13-15,18-19,22-34,38H2,1-2H3,(H,41,42)/b12-10+,17-16+,21-20+/t35-/m1/s1. The molecule has 9 nitrogen and oxygen atoms in total. The number of hydrogen-bond acceptors (Lipinski definition) is 8. The Morgan fingerprint density at radius 3 is 1.74 bits per heavy atom. The van der Waals surface area contributed by atoms with E-state index in [0.29, 0.717) is 12.8 Å². The zero-order valence-corrected chi connectivity index (χ0v) is 30.7. The van der Waals surface area contributed by atoms with E-state index < -0.39 is 32.5 Å². The number of phosphoric acid groups is 1. The van der Waals surface area contributed by atoms with Gasteiger partial charge in [-0.3, -0.25) is 18.6 Å². The molecule has 0 aliphatic rings. The molecule has 2 atom stereocenters. The molecule has 0 heterocycles. The molecule has 0 bridgehead atoms. The average Bonchev–Trinajstić information content (AvgIpc) is 3.05. The smallest absolute Gasteiger partial charge is 0.462 e.